The fourth-order valence-corrected chi connectivity index (χ4v) is 5.07. The summed E-state index contributed by atoms with van der Waals surface area (Å²) in [6, 6.07) is 8.09. The van der Waals surface area contributed by atoms with Crippen LogP contribution < -0.4 is 10.6 Å². The van der Waals surface area contributed by atoms with Crippen molar-refractivity contribution in [3.63, 3.8) is 0 Å². The molecule has 0 bridgehead atoms. The Hall–Kier alpha value is -2.34. The fourth-order valence-electron chi connectivity index (χ4n) is 5.07. The summed E-state index contributed by atoms with van der Waals surface area (Å²) in [6.45, 7) is 1.82. The number of hydrogen-bond acceptors (Lipinski definition) is 3. The molecule has 28 heavy (non-hydrogen) atoms. The zero-order valence-corrected chi connectivity index (χ0v) is 16.0. The first kappa shape index (κ1) is 17.7. The van der Waals surface area contributed by atoms with Crippen molar-refractivity contribution in [2.75, 3.05) is 27.2 Å². The number of alkyl halides is 3. The molecule has 1 aromatic rings. The van der Waals surface area contributed by atoms with E-state index in [1.165, 1.54) is 17.7 Å². The number of nitrogens with zero attached hydrogens (tertiary/aromatic N) is 3. The summed E-state index contributed by atoms with van der Waals surface area (Å²) in [4.78, 5) is 9.30. The largest absolute Gasteiger partial charge is 0.416 e. The van der Waals surface area contributed by atoms with Gasteiger partial charge in [0.15, 0.2) is 0 Å². The molecule has 4 aliphatic rings. The van der Waals surface area contributed by atoms with Crippen molar-refractivity contribution in [3.8, 4) is 0 Å². The van der Waals surface area contributed by atoms with Gasteiger partial charge in [-0.1, -0.05) is 24.3 Å². The first-order valence-electron chi connectivity index (χ1n) is 9.65. The van der Waals surface area contributed by atoms with Gasteiger partial charge in [0.1, 0.15) is 0 Å². The van der Waals surface area contributed by atoms with Crippen molar-refractivity contribution in [3.05, 3.63) is 69.5 Å². The molecule has 3 nitrogen and oxygen atoms in total. The van der Waals surface area contributed by atoms with Gasteiger partial charge in [-0.25, -0.2) is 4.99 Å². The molecule has 3 aliphatic heterocycles. The lowest BCUT2D eigenvalue weighted by Crippen LogP contribution is -2.57. The van der Waals surface area contributed by atoms with Crippen LogP contribution in [0.25, 0.3) is 5.57 Å². The predicted molar refractivity (Wildman–Crippen MR) is 102 cm³/mol. The molecule has 1 aromatic carbocycles. The van der Waals surface area contributed by atoms with E-state index in [1.54, 1.807) is 0 Å². The molecule has 146 valence electrons. The van der Waals surface area contributed by atoms with Gasteiger partial charge in [-0.05, 0) is 38.5 Å². The third kappa shape index (κ3) is 2.37. The second-order valence-corrected chi connectivity index (χ2v) is 8.12. The van der Waals surface area contributed by atoms with Crippen LogP contribution >= 0.6 is 0 Å². The quantitative estimate of drug-likeness (QED) is 0.684. The van der Waals surface area contributed by atoms with E-state index in [0.717, 1.165) is 47.8 Å². The van der Waals surface area contributed by atoms with Crippen LogP contribution in [0.2, 0.25) is 0 Å². The average molecular weight is 385 g/mol. The number of hydrogen-bond donors (Lipinski definition) is 0. The fraction of sp³-hybridized carbons (Fsp3) is 0.409. The summed E-state index contributed by atoms with van der Waals surface area (Å²) < 4.78 is 40.2. The average Bonchev–Trinajstić information content (AvgIpc) is 3.07. The third-order valence-electron chi connectivity index (χ3n) is 6.67. The molecule has 6 heteroatoms. The molecule has 0 atom stereocenters. The van der Waals surface area contributed by atoms with Gasteiger partial charge in [-0.15, -0.1) is 0 Å². The van der Waals surface area contributed by atoms with E-state index in [-0.39, 0.29) is 12.0 Å². The van der Waals surface area contributed by atoms with E-state index in [0.29, 0.717) is 5.70 Å². The number of fused-ring (bicyclic) bond motifs is 4. The molecular formula is C22H22F3N3. The van der Waals surface area contributed by atoms with Gasteiger partial charge >= 0.3 is 6.18 Å². The van der Waals surface area contributed by atoms with Crippen molar-refractivity contribution in [1.82, 2.24) is 9.80 Å². The molecule has 1 fully saturated rings. The Morgan fingerprint density at radius 3 is 2.50 bits per heavy atom. The minimum absolute atomic E-state index is 0.261. The highest BCUT2D eigenvalue weighted by Gasteiger charge is 2.49. The van der Waals surface area contributed by atoms with Gasteiger partial charge in [0.05, 0.1) is 22.2 Å². The van der Waals surface area contributed by atoms with Crippen molar-refractivity contribution in [2.45, 2.75) is 31.0 Å². The molecule has 0 amide bonds. The van der Waals surface area contributed by atoms with Gasteiger partial charge in [-0.2, -0.15) is 13.2 Å². The molecule has 1 aliphatic carbocycles. The van der Waals surface area contributed by atoms with Crippen molar-refractivity contribution >= 4 is 5.57 Å². The first-order valence-corrected chi connectivity index (χ1v) is 9.65. The van der Waals surface area contributed by atoms with Crippen molar-refractivity contribution in [2.24, 2.45) is 4.99 Å². The summed E-state index contributed by atoms with van der Waals surface area (Å²) in [6.07, 6.45) is 0.293. The number of rotatable bonds is 0. The lowest BCUT2D eigenvalue weighted by Gasteiger charge is -2.53. The molecule has 1 spiro atoms. The summed E-state index contributed by atoms with van der Waals surface area (Å²) in [5.41, 5.74) is 2.81. The molecule has 0 aromatic heterocycles. The molecule has 0 saturated carbocycles. The van der Waals surface area contributed by atoms with Crippen molar-refractivity contribution in [1.29, 1.82) is 0 Å². The monoisotopic (exact) mass is 385 g/mol. The smallest absolute Gasteiger partial charge is 0.364 e. The predicted octanol–water partition coefficient (Wildman–Crippen LogP) is 2.91. The second kappa shape index (κ2) is 5.83. The zero-order chi connectivity index (χ0) is 19.7. The van der Waals surface area contributed by atoms with Gasteiger partial charge < -0.3 is 9.80 Å². The number of para-hydroxylation sites is 1. The summed E-state index contributed by atoms with van der Waals surface area (Å²) in [5.74, 6) is 0. The van der Waals surface area contributed by atoms with Crippen LogP contribution in [0.5, 0.6) is 0 Å². The highest BCUT2D eigenvalue weighted by Crippen LogP contribution is 2.50. The summed E-state index contributed by atoms with van der Waals surface area (Å²) in [5, 5.41) is 2.06. The van der Waals surface area contributed by atoms with Gasteiger partial charge in [-0.3, -0.25) is 0 Å². The maximum Gasteiger partial charge on any atom is 0.416 e. The number of piperidine rings is 1. The van der Waals surface area contributed by atoms with E-state index < -0.39 is 11.7 Å². The molecule has 3 heterocycles. The summed E-state index contributed by atoms with van der Waals surface area (Å²) >= 11 is 0. The second-order valence-electron chi connectivity index (χ2n) is 8.12. The maximum absolute atomic E-state index is 13.4. The Labute approximate surface area is 161 Å². The number of halogens is 3. The van der Waals surface area contributed by atoms with Gasteiger partial charge in [0, 0.05) is 42.2 Å². The molecule has 5 rings (SSSR count). The van der Waals surface area contributed by atoms with Crippen LogP contribution in [0.3, 0.4) is 0 Å². The molecule has 0 unspecified atom stereocenters. The summed E-state index contributed by atoms with van der Waals surface area (Å²) in [7, 11) is 4.06. The maximum atomic E-state index is 13.4. The third-order valence-corrected chi connectivity index (χ3v) is 6.67. The lowest BCUT2D eigenvalue weighted by atomic mass is 9.72. The van der Waals surface area contributed by atoms with E-state index in [9.17, 15) is 13.2 Å². The Morgan fingerprint density at radius 1 is 1.07 bits per heavy atom. The van der Waals surface area contributed by atoms with E-state index in [1.807, 2.05) is 25.2 Å². The van der Waals surface area contributed by atoms with Crippen LogP contribution in [0.4, 0.5) is 13.2 Å². The van der Waals surface area contributed by atoms with Crippen molar-refractivity contribution < 1.29 is 13.2 Å². The Balaban J connectivity index is 1.79. The number of allylic oxidation sites excluding steroid dienone is 4. The number of likely N-dealkylation sites (N-methyl/N-ethyl adjacent to an activating group) is 1. The topological polar surface area (TPSA) is 18.8 Å². The minimum atomic E-state index is -4.33. The Morgan fingerprint density at radius 2 is 1.79 bits per heavy atom. The molecule has 1 saturated heterocycles. The SMILES string of the molecule is CN1CCC2(CC1)C1=c3ccccc3=NC1=C1CC=C(C(F)(F)F)C=C1N2C. The Kier molecular flexibility index (Phi) is 3.69. The van der Waals surface area contributed by atoms with Crippen LogP contribution in [-0.4, -0.2) is 48.7 Å². The van der Waals surface area contributed by atoms with Gasteiger partial charge in [0.2, 0.25) is 0 Å². The van der Waals surface area contributed by atoms with Crippen LogP contribution in [0.1, 0.15) is 19.3 Å². The van der Waals surface area contributed by atoms with Crippen LogP contribution in [0.15, 0.2) is 64.0 Å². The molecular weight excluding hydrogens is 363 g/mol. The number of benzene rings is 1. The van der Waals surface area contributed by atoms with Crippen LogP contribution in [0, 0.1) is 0 Å². The minimum Gasteiger partial charge on any atom is -0.364 e. The standard InChI is InChI=1S/C22H22F3N3/c1-27-11-9-21(10-12-27)19-15-5-3-4-6-17(15)26-20(19)16-8-7-14(22(23,24)25)13-18(16)28(21)2/h3-7,13H,8-12H2,1-2H3. The van der Waals surface area contributed by atoms with E-state index in [4.69, 9.17) is 4.99 Å². The Bertz CT molecular complexity index is 1070. The highest BCUT2D eigenvalue weighted by atomic mass is 19.4. The van der Waals surface area contributed by atoms with Gasteiger partial charge in [0.25, 0.3) is 0 Å². The van der Waals surface area contributed by atoms with Crippen LogP contribution in [-0.2, 0) is 0 Å². The number of likely N-dealkylation sites (tertiary alicyclic amines) is 1. The first-order chi connectivity index (χ1) is 13.3. The lowest BCUT2D eigenvalue weighted by molar-refractivity contribution is -0.0888. The highest BCUT2D eigenvalue weighted by molar-refractivity contribution is 5.80. The van der Waals surface area contributed by atoms with E-state index in [2.05, 4.69) is 22.9 Å². The normalized spacial score (nSPS) is 23.8. The molecule has 0 radical (unpaired) electrons. The van der Waals surface area contributed by atoms with E-state index >= 15 is 0 Å². The molecule has 0 N–H and O–H groups in total. The zero-order valence-electron chi connectivity index (χ0n) is 16.0.